The molecule has 3 aromatic heterocycles. The quantitative estimate of drug-likeness (QED) is 0.434. The molecule has 1 aliphatic rings. The van der Waals surface area contributed by atoms with Crippen LogP contribution >= 0.6 is 0 Å². The van der Waals surface area contributed by atoms with E-state index in [2.05, 4.69) is 25.4 Å². The number of aromatic nitrogens is 5. The summed E-state index contributed by atoms with van der Waals surface area (Å²) < 4.78 is 26.2. The number of aryl methyl sites for hydroxylation is 1. The van der Waals surface area contributed by atoms with Gasteiger partial charge in [-0.15, -0.1) is 0 Å². The molecule has 1 aromatic carbocycles. The lowest BCUT2D eigenvalue weighted by atomic mass is 10.1. The van der Waals surface area contributed by atoms with Gasteiger partial charge in [-0.05, 0) is 31.0 Å². The molecule has 1 fully saturated rings. The highest BCUT2D eigenvalue weighted by Gasteiger charge is 2.28. The number of ether oxygens (including phenoxy) is 2. The second-order valence-corrected chi connectivity index (χ2v) is 7.61. The molecule has 1 aliphatic heterocycles. The number of aliphatic hydroxyl groups excluding tert-OH is 1. The van der Waals surface area contributed by atoms with Crippen molar-refractivity contribution in [1.82, 2.24) is 30.0 Å². The monoisotopic (exact) mass is 440 g/mol. The second-order valence-electron chi connectivity index (χ2n) is 7.61. The van der Waals surface area contributed by atoms with Gasteiger partial charge in [0.25, 0.3) is 0 Å². The summed E-state index contributed by atoms with van der Waals surface area (Å²) in [4.78, 5) is 24.3. The SMILES string of the molecule is Cn1nc(-c2cnc3[nH]cc(OC(=O)NC(CO)C4CCCO4)c3n2)c2ccc(F)cc21. The fraction of sp³-hybridized carbons (Fsp3) is 0.333. The lowest BCUT2D eigenvalue weighted by Gasteiger charge is -2.21. The number of H-pyrrole nitrogens is 1. The summed E-state index contributed by atoms with van der Waals surface area (Å²) in [6.07, 6.45) is 3.70. The van der Waals surface area contributed by atoms with Crippen molar-refractivity contribution in [2.45, 2.75) is 25.0 Å². The van der Waals surface area contributed by atoms with Gasteiger partial charge in [-0.2, -0.15) is 5.10 Å². The van der Waals surface area contributed by atoms with Gasteiger partial charge >= 0.3 is 6.09 Å². The third-order valence-corrected chi connectivity index (χ3v) is 5.52. The fourth-order valence-electron chi connectivity index (χ4n) is 3.94. The number of hydrogen-bond donors (Lipinski definition) is 3. The number of halogens is 1. The third-order valence-electron chi connectivity index (χ3n) is 5.52. The van der Waals surface area contributed by atoms with Gasteiger partial charge in [-0.25, -0.2) is 19.2 Å². The molecule has 0 aliphatic carbocycles. The number of hydrogen-bond acceptors (Lipinski definition) is 7. The van der Waals surface area contributed by atoms with Crippen molar-refractivity contribution in [2.75, 3.05) is 13.2 Å². The zero-order valence-corrected chi connectivity index (χ0v) is 17.2. The van der Waals surface area contributed by atoms with Crippen LogP contribution in [-0.2, 0) is 11.8 Å². The minimum Gasteiger partial charge on any atom is -0.406 e. The Kier molecular flexibility index (Phi) is 5.19. The molecule has 32 heavy (non-hydrogen) atoms. The first-order valence-electron chi connectivity index (χ1n) is 10.2. The number of carbonyl (C=O) groups is 1. The third kappa shape index (κ3) is 3.65. The van der Waals surface area contributed by atoms with E-state index in [-0.39, 0.29) is 24.3 Å². The van der Waals surface area contributed by atoms with Gasteiger partial charge in [0.2, 0.25) is 0 Å². The van der Waals surface area contributed by atoms with Crippen molar-refractivity contribution >= 4 is 28.2 Å². The van der Waals surface area contributed by atoms with Crippen LogP contribution in [0.1, 0.15) is 12.8 Å². The standard InChI is InChI=1S/C21H21FN6O4/c1-28-15-7-11(22)4-5-12(15)18(27-28)13-8-23-20-19(25-13)17(9-24-20)32-21(30)26-14(10-29)16-3-2-6-31-16/h4-5,7-9,14,16,29H,2-3,6,10H2,1H3,(H,23,24)(H,26,30). The van der Waals surface area contributed by atoms with Crippen LogP contribution in [0, 0.1) is 5.82 Å². The maximum atomic E-state index is 13.6. The van der Waals surface area contributed by atoms with Gasteiger partial charge in [0.05, 0.1) is 30.5 Å². The summed E-state index contributed by atoms with van der Waals surface area (Å²) in [7, 11) is 1.72. The molecule has 166 valence electrons. The lowest BCUT2D eigenvalue weighted by molar-refractivity contribution is 0.0560. The largest absolute Gasteiger partial charge is 0.413 e. The molecule has 1 saturated heterocycles. The molecule has 2 atom stereocenters. The Morgan fingerprint density at radius 3 is 3.16 bits per heavy atom. The normalized spacial score (nSPS) is 17.2. The number of aromatic amines is 1. The number of benzene rings is 1. The van der Waals surface area contributed by atoms with Crippen LogP contribution in [0.25, 0.3) is 33.5 Å². The predicted molar refractivity (Wildman–Crippen MR) is 113 cm³/mol. The van der Waals surface area contributed by atoms with Gasteiger partial charge in [-0.1, -0.05) is 0 Å². The molecule has 5 rings (SSSR count). The van der Waals surface area contributed by atoms with Crippen LogP contribution < -0.4 is 10.1 Å². The molecular formula is C21H21FN6O4. The molecule has 10 nitrogen and oxygen atoms in total. The van der Waals surface area contributed by atoms with Gasteiger partial charge in [0.15, 0.2) is 16.9 Å². The molecule has 0 saturated carbocycles. The van der Waals surface area contributed by atoms with Crippen molar-refractivity contribution in [3.8, 4) is 17.1 Å². The van der Waals surface area contributed by atoms with E-state index in [1.54, 1.807) is 24.0 Å². The second kappa shape index (κ2) is 8.17. The van der Waals surface area contributed by atoms with Crippen molar-refractivity contribution in [1.29, 1.82) is 0 Å². The van der Waals surface area contributed by atoms with E-state index < -0.39 is 12.1 Å². The topological polar surface area (TPSA) is 127 Å². The van der Waals surface area contributed by atoms with E-state index in [0.717, 1.165) is 18.2 Å². The maximum absolute atomic E-state index is 13.6. The molecular weight excluding hydrogens is 419 g/mol. The van der Waals surface area contributed by atoms with Crippen LogP contribution in [0.2, 0.25) is 0 Å². The maximum Gasteiger partial charge on any atom is 0.413 e. The predicted octanol–water partition coefficient (Wildman–Crippen LogP) is 2.28. The Hall–Kier alpha value is -3.57. The minimum absolute atomic E-state index is 0.183. The van der Waals surface area contributed by atoms with Gasteiger partial charge in [-0.3, -0.25) is 4.68 Å². The molecule has 4 aromatic rings. The molecule has 3 N–H and O–H groups in total. The van der Waals surface area contributed by atoms with E-state index in [1.807, 2.05) is 0 Å². The van der Waals surface area contributed by atoms with Crippen LogP contribution in [0.3, 0.4) is 0 Å². The number of rotatable bonds is 5. The molecule has 0 bridgehead atoms. The summed E-state index contributed by atoms with van der Waals surface area (Å²) in [6.45, 7) is 0.346. The Balaban J connectivity index is 1.43. The smallest absolute Gasteiger partial charge is 0.406 e. The average Bonchev–Trinajstić information content (AvgIpc) is 3.52. The van der Waals surface area contributed by atoms with Crippen molar-refractivity contribution in [3.63, 3.8) is 0 Å². The molecule has 0 spiro atoms. The van der Waals surface area contributed by atoms with E-state index >= 15 is 0 Å². The molecule has 1 amide bonds. The van der Waals surface area contributed by atoms with Crippen LogP contribution in [0.5, 0.6) is 5.75 Å². The zero-order valence-electron chi connectivity index (χ0n) is 17.2. The van der Waals surface area contributed by atoms with Crippen LogP contribution in [0.15, 0.2) is 30.6 Å². The fourth-order valence-corrected chi connectivity index (χ4v) is 3.94. The van der Waals surface area contributed by atoms with E-state index in [9.17, 15) is 14.3 Å². The average molecular weight is 440 g/mol. The number of aliphatic hydroxyl groups is 1. The molecule has 4 heterocycles. The van der Waals surface area contributed by atoms with Crippen molar-refractivity contribution in [3.05, 3.63) is 36.4 Å². The van der Waals surface area contributed by atoms with E-state index in [4.69, 9.17) is 9.47 Å². The Morgan fingerprint density at radius 2 is 2.38 bits per heavy atom. The zero-order chi connectivity index (χ0) is 22.2. The Morgan fingerprint density at radius 1 is 1.50 bits per heavy atom. The summed E-state index contributed by atoms with van der Waals surface area (Å²) in [5.41, 5.74) is 2.38. The Labute approximate surface area is 181 Å². The highest BCUT2D eigenvalue weighted by atomic mass is 19.1. The summed E-state index contributed by atoms with van der Waals surface area (Å²) in [5, 5.41) is 17.4. The highest BCUT2D eigenvalue weighted by molar-refractivity contribution is 5.93. The van der Waals surface area contributed by atoms with Crippen molar-refractivity contribution < 1.29 is 23.8 Å². The highest BCUT2D eigenvalue weighted by Crippen LogP contribution is 2.30. The minimum atomic E-state index is -0.730. The lowest BCUT2D eigenvalue weighted by Crippen LogP contribution is -2.46. The van der Waals surface area contributed by atoms with E-state index in [0.29, 0.717) is 34.7 Å². The summed E-state index contributed by atoms with van der Waals surface area (Å²) >= 11 is 0. The van der Waals surface area contributed by atoms with E-state index in [1.165, 1.54) is 18.3 Å². The first kappa shape index (κ1) is 20.3. The number of amides is 1. The number of fused-ring (bicyclic) bond motifs is 2. The first-order chi connectivity index (χ1) is 15.5. The van der Waals surface area contributed by atoms with Gasteiger partial charge in [0.1, 0.15) is 17.2 Å². The first-order valence-corrected chi connectivity index (χ1v) is 10.2. The number of carbonyl (C=O) groups excluding carboxylic acids is 1. The van der Waals surface area contributed by atoms with Crippen LogP contribution in [0.4, 0.5) is 9.18 Å². The molecule has 0 radical (unpaired) electrons. The van der Waals surface area contributed by atoms with Gasteiger partial charge < -0.3 is 24.9 Å². The van der Waals surface area contributed by atoms with Crippen LogP contribution in [-0.4, -0.2) is 61.3 Å². The molecule has 2 unspecified atom stereocenters. The Bertz CT molecular complexity index is 1300. The molecule has 11 heteroatoms. The van der Waals surface area contributed by atoms with Gasteiger partial charge in [0, 0.05) is 25.2 Å². The van der Waals surface area contributed by atoms with Crippen molar-refractivity contribution in [2.24, 2.45) is 7.05 Å². The summed E-state index contributed by atoms with van der Waals surface area (Å²) in [6, 6.07) is 3.84. The number of nitrogens with one attached hydrogen (secondary N) is 2. The summed E-state index contributed by atoms with van der Waals surface area (Å²) in [5.74, 6) is -0.174. The number of nitrogens with zero attached hydrogens (tertiary/aromatic N) is 4.